The van der Waals surface area contributed by atoms with Gasteiger partial charge in [0.15, 0.2) is 0 Å². The van der Waals surface area contributed by atoms with E-state index in [4.69, 9.17) is 11.6 Å². The number of nitrogens with zero attached hydrogens (tertiary/aromatic N) is 2. The first-order valence-corrected chi connectivity index (χ1v) is 10.3. The fourth-order valence-corrected chi connectivity index (χ4v) is 4.34. The van der Waals surface area contributed by atoms with Crippen LogP contribution in [0.15, 0.2) is 42.6 Å². The Morgan fingerprint density at radius 2 is 1.93 bits per heavy atom. The fraction of sp³-hybridized carbons (Fsp3) is 0.455. The van der Waals surface area contributed by atoms with E-state index >= 15 is 0 Å². The highest BCUT2D eigenvalue weighted by atomic mass is 35.5. The van der Waals surface area contributed by atoms with Gasteiger partial charge in [0.2, 0.25) is 5.91 Å². The first-order chi connectivity index (χ1) is 13.2. The number of rotatable bonds is 5. The molecule has 0 bridgehead atoms. The second-order valence-corrected chi connectivity index (χ2v) is 8.14. The molecule has 142 valence electrons. The summed E-state index contributed by atoms with van der Waals surface area (Å²) in [6.07, 6.45) is 8.52. The maximum Gasteiger partial charge on any atom is 0.230 e. The summed E-state index contributed by atoms with van der Waals surface area (Å²) in [5.74, 6) is 1.13. The van der Waals surface area contributed by atoms with Crippen molar-refractivity contribution >= 4 is 23.3 Å². The molecule has 1 saturated heterocycles. The Morgan fingerprint density at radius 1 is 1.11 bits per heavy atom. The Morgan fingerprint density at radius 3 is 2.56 bits per heavy atom. The Labute approximate surface area is 165 Å². The van der Waals surface area contributed by atoms with Crippen LogP contribution >= 0.6 is 11.6 Å². The summed E-state index contributed by atoms with van der Waals surface area (Å²) in [5, 5.41) is 3.81. The lowest BCUT2D eigenvalue weighted by atomic mass is 9.64. The van der Waals surface area contributed by atoms with E-state index in [9.17, 15) is 4.79 Å². The van der Waals surface area contributed by atoms with Gasteiger partial charge in [-0.3, -0.25) is 4.79 Å². The van der Waals surface area contributed by atoms with Gasteiger partial charge in [-0.15, -0.1) is 0 Å². The minimum atomic E-state index is -0.425. The molecule has 0 unspecified atom stereocenters. The van der Waals surface area contributed by atoms with Crippen LogP contribution in [0.1, 0.15) is 49.7 Å². The minimum Gasteiger partial charge on any atom is -0.357 e. The Bertz CT molecular complexity index is 795. The van der Waals surface area contributed by atoms with Crippen molar-refractivity contribution in [3.8, 4) is 0 Å². The van der Waals surface area contributed by atoms with Crippen molar-refractivity contribution in [2.75, 3.05) is 18.0 Å². The summed E-state index contributed by atoms with van der Waals surface area (Å²) >= 11 is 6.14. The average molecular weight is 384 g/mol. The van der Waals surface area contributed by atoms with Gasteiger partial charge >= 0.3 is 0 Å². The van der Waals surface area contributed by atoms with Crippen LogP contribution in [0.2, 0.25) is 5.02 Å². The summed E-state index contributed by atoms with van der Waals surface area (Å²) in [4.78, 5) is 19.9. The number of anilines is 1. The van der Waals surface area contributed by atoms with Crippen LogP contribution in [-0.4, -0.2) is 24.0 Å². The second kappa shape index (κ2) is 7.89. The zero-order chi connectivity index (χ0) is 18.7. The molecule has 1 amide bonds. The summed E-state index contributed by atoms with van der Waals surface area (Å²) in [6.45, 7) is 2.69. The zero-order valence-corrected chi connectivity index (χ0v) is 16.3. The molecule has 2 fully saturated rings. The number of amides is 1. The van der Waals surface area contributed by atoms with E-state index in [1.54, 1.807) is 0 Å². The molecule has 2 aromatic rings. The topological polar surface area (TPSA) is 45.2 Å². The molecule has 5 heteroatoms. The highest BCUT2D eigenvalue weighted by Gasteiger charge is 2.45. The van der Waals surface area contributed by atoms with Gasteiger partial charge < -0.3 is 10.2 Å². The predicted octanol–water partition coefficient (Wildman–Crippen LogP) is 4.46. The van der Waals surface area contributed by atoms with Crippen LogP contribution in [0.25, 0.3) is 0 Å². The number of pyridine rings is 1. The van der Waals surface area contributed by atoms with E-state index in [2.05, 4.69) is 27.3 Å². The van der Waals surface area contributed by atoms with E-state index in [-0.39, 0.29) is 5.91 Å². The second-order valence-electron chi connectivity index (χ2n) is 7.70. The molecule has 1 aromatic carbocycles. The molecule has 0 radical (unpaired) electrons. The number of halogens is 1. The van der Waals surface area contributed by atoms with Crippen LogP contribution in [0.5, 0.6) is 0 Å². The standard InChI is InChI=1S/C22H26ClN3O/c23-19-7-4-6-18(14-19)22(10-5-11-22)21(27)25-16-17-8-9-20(24-15-17)26-12-2-1-3-13-26/h4,6-9,14-15H,1-3,5,10-13,16H2,(H,25,27). The molecule has 2 aliphatic rings. The normalized spacial score (nSPS) is 18.6. The van der Waals surface area contributed by atoms with E-state index < -0.39 is 5.41 Å². The molecule has 1 aromatic heterocycles. The van der Waals surface area contributed by atoms with Crippen LogP contribution in [0.3, 0.4) is 0 Å². The Kier molecular flexibility index (Phi) is 5.35. The number of hydrogen-bond donors (Lipinski definition) is 1. The van der Waals surface area contributed by atoms with Crippen LogP contribution < -0.4 is 10.2 Å². The minimum absolute atomic E-state index is 0.0936. The van der Waals surface area contributed by atoms with Gasteiger partial charge in [-0.2, -0.15) is 0 Å². The van der Waals surface area contributed by atoms with E-state index in [0.717, 1.165) is 49.3 Å². The maximum atomic E-state index is 13.0. The third-order valence-electron chi connectivity index (χ3n) is 5.96. The first-order valence-electron chi connectivity index (χ1n) is 9.92. The summed E-state index contributed by atoms with van der Waals surface area (Å²) in [5.41, 5.74) is 1.63. The number of carbonyl (C=O) groups is 1. The van der Waals surface area contributed by atoms with Crippen molar-refractivity contribution in [2.24, 2.45) is 0 Å². The summed E-state index contributed by atoms with van der Waals surface area (Å²) in [6, 6.07) is 11.9. The number of nitrogens with one attached hydrogen (secondary N) is 1. The van der Waals surface area contributed by atoms with E-state index in [1.165, 1.54) is 19.3 Å². The number of carbonyl (C=O) groups excluding carboxylic acids is 1. The highest BCUT2D eigenvalue weighted by Crippen LogP contribution is 2.44. The van der Waals surface area contributed by atoms with Gasteiger partial charge in [0.1, 0.15) is 5.82 Å². The Hall–Kier alpha value is -2.07. The molecular formula is C22H26ClN3O. The van der Waals surface area contributed by atoms with Crippen molar-refractivity contribution in [2.45, 2.75) is 50.5 Å². The predicted molar refractivity (Wildman–Crippen MR) is 109 cm³/mol. The summed E-state index contributed by atoms with van der Waals surface area (Å²) in [7, 11) is 0. The van der Waals surface area contributed by atoms with Crippen molar-refractivity contribution in [1.29, 1.82) is 0 Å². The summed E-state index contributed by atoms with van der Waals surface area (Å²) < 4.78 is 0. The molecule has 1 saturated carbocycles. The van der Waals surface area contributed by atoms with Gasteiger partial charge in [0.25, 0.3) is 0 Å². The molecular weight excluding hydrogens is 358 g/mol. The lowest BCUT2D eigenvalue weighted by Gasteiger charge is -2.40. The third kappa shape index (κ3) is 3.81. The SMILES string of the molecule is O=C(NCc1ccc(N2CCCCC2)nc1)C1(c2cccc(Cl)c2)CCC1. The van der Waals surface area contributed by atoms with Crippen molar-refractivity contribution in [3.63, 3.8) is 0 Å². The lowest BCUT2D eigenvalue weighted by Crippen LogP contribution is -2.49. The molecule has 0 atom stereocenters. The average Bonchev–Trinajstić information content (AvgIpc) is 2.67. The Balaban J connectivity index is 1.39. The quantitative estimate of drug-likeness (QED) is 0.828. The highest BCUT2D eigenvalue weighted by molar-refractivity contribution is 6.30. The number of aromatic nitrogens is 1. The maximum absolute atomic E-state index is 13.0. The van der Waals surface area contributed by atoms with Crippen LogP contribution in [0.4, 0.5) is 5.82 Å². The van der Waals surface area contributed by atoms with Gasteiger partial charge in [-0.05, 0) is 61.4 Å². The van der Waals surface area contributed by atoms with Crippen LogP contribution in [0, 0.1) is 0 Å². The monoisotopic (exact) mass is 383 g/mol. The largest absolute Gasteiger partial charge is 0.357 e. The molecule has 27 heavy (non-hydrogen) atoms. The smallest absolute Gasteiger partial charge is 0.230 e. The molecule has 0 spiro atoms. The molecule has 1 aliphatic heterocycles. The third-order valence-corrected chi connectivity index (χ3v) is 6.20. The van der Waals surface area contributed by atoms with Crippen molar-refractivity contribution in [1.82, 2.24) is 10.3 Å². The van der Waals surface area contributed by atoms with Gasteiger partial charge in [-0.25, -0.2) is 4.98 Å². The molecule has 1 N–H and O–H groups in total. The lowest BCUT2D eigenvalue weighted by molar-refractivity contribution is -0.130. The van der Waals surface area contributed by atoms with Gasteiger partial charge in [-0.1, -0.05) is 36.2 Å². The van der Waals surface area contributed by atoms with E-state index in [0.29, 0.717) is 11.6 Å². The van der Waals surface area contributed by atoms with Gasteiger partial charge in [0, 0.05) is 30.9 Å². The molecule has 4 rings (SSSR count). The molecule has 2 heterocycles. The van der Waals surface area contributed by atoms with Gasteiger partial charge in [0.05, 0.1) is 5.41 Å². The van der Waals surface area contributed by atoms with Crippen LogP contribution in [-0.2, 0) is 16.8 Å². The molecule has 4 nitrogen and oxygen atoms in total. The number of benzene rings is 1. The zero-order valence-electron chi connectivity index (χ0n) is 15.6. The first kappa shape index (κ1) is 18.3. The molecule has 1 aliphatic carbocycles. The fourth-order valence-electron chi connectivity index (χ4n) is 4.15. The number of piperidine rings is 1. The van der Waals surface area contributed by atoms with Crippen molar-refractivity contribution < 1.29 is 4.79 Å². The van der Waals surface area contributed by atoms with E-state index in [1.807, 2.05) is 30.5 Å². The van der Waals surface area contributed by atoms with Crippen molar-refractivity contribution in [3.05, 3.63) is 58.7 Å². The number of hydrogen-bond acceptors (Lipinski definition) is 3.